The number of aryl methyl sites for hydroxylation is 1. The Hall–Kier alpha value is -0.540. The first-order chi connectivity index (χ1) is 8.15. The summed E-state index contributed by atoms with van der Waals surface area (Å²) in [6, 6.07) is 3.87. The Morgan fingerprint density at radius 1 is 1.41 bits per heavy atom. The van der Waals surface area contributed by atoms with Crippen molar-refractivity contribution < 1.29 is 4.79 Å². The molecule has 2 rings (SSSR count). The van der Waals surface area contributed by atoms with Gasteiger partial charge in [0.25, 0.3) is 5.91 Å². The third kappa shape index (κ3) is 3.02. The number of nitrogens with one attached hydrogen (secondary N) is 1. The summed E-state index contributed by atoms with van der Waals surface area (Å²) < 4.78 is 0. The van der Waals surface area contributed by atoms with Crippen LogP contribution >= 0.6 is 22.9 Å². The van der Waals surface area contributed by atoms with Crippen LogP contribution in [-0.4, -0.2) is 17.3 Å². The zero-order chi connectivity index (χ0) is 12.3. The molecule has 1 N–H and O–H groups in total. The zero-order valence-corrected chi connectivity index (χ0v) is 11.7. The quantitative estimate of drug-likeness (QED) is 0.834. The van der Waals surface area contributed by atoms with Crippen molar-refractivity contribution in [2.45, 2.75) is 44.6 Å². The molecule has 0 bridgehead atoms. The topological polar surface area (TPSA) is 29.1 Å². The number of hydrogen-bond donors (Lipinski definition) is 1. The summed E-state index contributed by atoms with van der Waals surface area (Å²) in [5.41, 5.74) is -0.172. The van der Waals surface area contributed by atoms with Crippen LogP contribution < -0.4 is 5.32 Å². The van der Waals surface area contributed by atoms with E-state index in [1.54, 1.807) is 0 Å². The lowest BCUT2D eigenvalue weighted by Crippen LogP contribution is -2.51. The summed E-state index contributed by atoms with van der Waals surface area (Å²) in [6.07, 6.45) is 5.60. The first-order valence-corrected chi connectivity index (χ1v) is 7.45. The van der Waals surface area contributed by atoms with Gasteiger partial charge >= 0.3 is 0 Å². The van der Waals surface area contributed by atoms with E-state index in [0.717, 1.165) is 30.6 Å². The van der Waals surface area contributed by atoms with Gasteiger partial charge in [0.2, 0.25) is 0 Å². The van der Waals surface area contributed by atoms with Crippen LogP contribution in [0.1, 0.15) is 46.7 Å². The largest absolute Gasteiger partial charge is 0.345 e. The van der Waals surface area contributed by atoms with E-state index in [1.807, 2.05) is 19.1 Å². The molecule has 0 unspecified atom stereocenters. The standard InChI is InChI=1S/C13H18ClNOS/c1-10-5-6-11(17-10)12(16)15-13(9-14)7-3-2-4-8-13/h5-6H,2-4,7-9H2,1H3,(H,15,16). The number of carbonyl (C=O) groups excluding carboxylic acids is 1. The lowest BCUT2D eigenvalue weighted by molar-refractivity contribution is 0.0889. The van der Waals surface area contributed by atoms with Gasteiger partial charge in [0.05, 0.1) is 10.4 Å². The van der Waals surface area contributed by atoms with Gasteiger partial charge in [0.1, 0.15) is 0 Å². The van der Waals surface area contributed by atoms with Gasteiger partial charge in [-0.25, -0.2) is 0 Å². The minimum absolute atomic E-state index is 0.0330. The average molecular weight is 272 g/mol. The molecular weight excluding hydrogens is 254 g/mol. The maximum Gasteiger partial charge on any atom is 0.261 e. The predicted molar refractivity (Wildman–Crippen MR) is 73.1 cm³/mol. The van der Waals surface area contributed by atoms with Crippen LogP contribution in [0.4, 0.5) is 0 Å². The molecule has 0 aromatic carbocycles. The molecule has 94 valence electrons. The lowest BCUT2D eigenvalue weighted by Gasteiger charge is -2.36. The van der Waals surface area contributed by atoms with Gasteiger partial charge in [-0.1, -0.05) is 19.3 Å². The number of carbonyl (C=O) groups is 1. The number of amides is 1. The van der Waals surface area contributed by atoms with E-state index >= 15 is 0 Å². The number of hydrogen-bond acceptors (Lipinski definition) is 2. The second-order valence-corrected chi connectivity index (χ2v) is 6.39. The Balaban J connectivity index is 2.05. The number of rotatable bonds is 3. The Morgan fingerprint density at radius 2 is 2.12 bits per heavy atom. The van der Waals surface area contributed by atoms with E-state index in [2.05, 4.69) is 5.32 Å². The maximum atomic E-state index is 12.1. The molecule has 1 aromatic heterocycles. The second kappa shape index (κ2) is 5.40. The van der Waals surface area contributed by atoms with E-state index in [9.17, 15) is 4.79 Å². The van der Waals surface area contributed by atoms with Gasteiger partial charge < -0.3 is 5.32 Å². The van der Waals surface area contributed by atoms with Gasteiger partial charge in [-0.05, 0) is 31.9 Å². The highest BCUT2D eigenvalue weighted by atomic mass is 35.5. The fraction of sp³-hybridized carbons (Fsp3) is 0.615. The molecule has 1 aliphatic rings. The third-order valence-corrected chi connectivity index (χ3v) is 4.92. The summed E-state index contributed by atoms with van der Waals surface area (Å²) in [7, 11) is 0. The zero-order valence-electron chi connectivity index (χ0n) is 10.1. The number of halogens is 1. The fourth-order valence-corrected chi connectivity index (χ4v) is 3.48. The van der Waals surface area contributed by atoms with Crippen LogP contribution in [0.25, 0.3) is 0 Å². The highest BCUT2D eigenvalue weighted by Crippen LogP contribution is 2.30. The molecule has 1 fully saturated rings. The summed E-state index contributed by atoms with van der Waals surface area (Å²) in [5.74, 6) is 0.550. The van der Waals surface area contributed by atoms with Crippen LogP contribution in [0.2, 0.25) is 0 Å². The summed E-state index contributed by atoms with van der Waals surface area (Å²) in [4.78, 5) is 14.1. The molecule has 4 heteroatoms. The molecule has 0 spiro atoms. The predicted octanol–water partition coefficient (Wildman–Crippen LogP) is 3.73. The van der Waals surface area contributed by atoms with E-state index in [0.29, 0.717) is 5.88 Å². The normalized spacial score (nSPS) is 18.9. The Kier molecular flexibility index (Phi) is 4.10. The molecule has 1 heterocycles. The smallest absolute Gasteiger partial charge is 0.261 e. The lowest BCUT2D eigenvalue weighted by atomic mass is 9.83. The van der Waals surface area contributed by atoms with Gasteiger partial charge in [-0.15, -0.1) is 22.9 Å². The molecule has 0 aliphatic heterocycles. The first-order valence-electron chi connectivity index (χ1n) is 6.10. The average Bonchev–Trinajstić information content (AvgIpc) is 2.77. The SMILES string of the molecule is Cc1ccc(C(=O)NC2(CCl)CCCCC2)s1. The van der Waals surface area contributed by atoms with Crippen LogP contribution in [0, 0.1) is 6.92 Å². The highest BCUT2D eigenvalue weighted by molar-refractivity contribution is 7.13. The van der Waals surface area contributed by atoms with Crippen molar-refractivity contribution in [3.63, 3.8) is 0 Å². The molecular formula is C13H18ClNOS. The first kappa shape index (κ1) is 12.9. The van der Waals surface area contributed by atoms with Crippen LogP contribution in [0.3, 0.4) is 0 Å². The molecule has 0 radical (unpaired) electrons. The van der Waals surface area contributed by atoms with Gasteiger partial charge in [0.15, 0.2) is 0 Å². The van der Waals surface area contributed by atoms with Crippen molar-refractivity contribution in [2.75, 3.05) is 5.88 Å². The number of thiophene rings is 1. The van der Waals surface area contributed by atoms with Crippen LogP contribution in [0.15, 0.2) is 12.1 Å². The minimum atomic E-state index is -0.172. The van der Waals surface area contributed by atoms with Gasteiger partial charge in [-0.3, -0.25) is 4.79 Å². The van der Waals surface area contributed by atoms with E-state index in [1.165, 1.54) is 22.6 Å². The molecule has 2 nitrogen and oxygen atoms in total. The van der Waals surface area contributed by atoms with Crippen LogP contribution in [0.5, 0.6) is 0 Å². The second-order valence-electron chi connectivity index (χ2n) is 4.84. The minimum Gasteiger partial charge on any atom is -0.345 e. The van der Waals surface area contributed by atoms with E-state index in [-0.39, 0.29) is 11.4 Å². The molecule has 1 amide bonds. The summed E-state index contributed by atoms with van der Waals surface area (Å²) in [6.45, 7) is 2.01. The van der Waals surface area contributed by atoms with E-state index < -0.39 is 0 Å². The van der Waals surface area contributed by atoms with Crippen molar-refractivity contribution in [2.24, 2.45) is 0 Å². The van der Waals surface area contributed by atoms with Crippen molar-refractivity contribution in [1.29, 1.82) is 0 Å². The maximum absolute atomic E-state index is 12.1. The number of alkyl halides is 1. The van der Waals surface area contributed by atoms with Gasteiger partial charge in [0, 0.05) is 10.8 Å². The Bertz CT molecular complexity index is 396. The molecule has 1 saturated carbocycles. The molecule has 0 atom stereocenters. The molecule has 1 aromatic rings. The summed E-state index contributed by atoms with van der Waals surface area (Å²) >= 11 is 7.60. The van der Waals surface area contributed by atoms with Crippen LogP contribution in [-0.2, 0) is 0 Å². The van der Waals surface area contributed by atoms with E-state index in [4.69, 9.17) is 11.6 Å². The highest BCUT2D eigenvalue weighted by Gasteiger charge is 2.33. The molecule has 17 heavy (non-hydrogen) atoms. The third-order valence-electron chi connectivity index (χ3n) is 3.41. The monoisotopic (exact) mass is 271 g/mol. The fourth-order valence-electron chi connectivity index (χ4n) is 2.38. The van der Waals surface area contributed by atoms with Crippen molar-refractivity contribution >= 4 is 28.8 Å². The summed E-state index contributed by atoms with van der Waals surface area (Å²) in [5, 5.41) is 3.15. The van der Waals surface area contributed by atoms with Crippen molar-refractivity contribution in [3.05, 3.63) is 21.9 Å². The van der Waals surface area contributed by atoms with Gasteiger partial charge in [-0.2, -0.15) is 0 Å². The van der Waals surface area contributed by atoms with Crippen molar-refractivity contribution in [3.8, 4) is 0 Å². The molecule has 0 saturated heterocycles. The van der Waals surface area contributed by atoms with Crippen molar-refractivity contribution in [1.82, 2.24) is 5.32 Å². The Morgan fingerprint density at radius 3 is 2.65 bits per heavy atom. The Labute approximate surface area is 111 Å². The molecule has 1 aliphatic carbocycles.